The highest BCUT2D eigenvalue weighted by molar-refractivity contribution is 7.13. The Balaban J connectivity index is 1.52. The van der Waals surface area contributed by atoms with Crippen molar-refractivity contribution in [3.05, 3.63) is 65.3 Å². The average Bonchev–Trinajstić information content (AvgIpc) is 3.21. The number of rotatable bonds is 8. The quantitative estimate of drug-likeness (QED) is 0.631. The number of aromatic nitrogens is 2. The number of carbonyl (C=O) groups is 1. The number of pyridine rings is 1. The molecule has 0 spiro atoms. The predicted octanol–water partition coefficient (Wildman–Crippen LogP) is 3.34. The Morgan fingerprint density at radius 3 is 2.89 bits per heavy atom. The standard InChI is InChI=1S/C21H23N3O3S/c1-24(13-19(25)15-6-5-7-17(12-15)27-2)20(26)10-9-16-14-28-21(23-16)18-8-3-4-11-22-18/h3-8,11-12,14,19,25H,9-10,13H2,1-2H3. The van der Waals surface area contributed by atoms with Crippen LogP contribution in [0.1, 0.15) is 23.8 Å². The number of aliphatic hydroxyl groups excluding tert-OH is 1. The first-order chi connectivity index (χ1) is 13.6. The fourth-order valence-electron chi connectivity index (χ4n) is 2.77. The number of carbonyl (C=O) groups excluding carboxylic acids is 1. The van der Waals surface area contributed by atoms with Crippen LogP contribution in [0.25, 0.3) is 10.7 Å². The average molecular weight is 398 g/mol. The molecule has 1 atom stereocenters. The van der Waals surface area contributed by atoms with Gasteiger partial charge in [-0.3, -0.25) is 9.78 Å². The molecule has 6 nitrogen and oxygen atoms in total. The number of ether oxygens (including phenoxy) is 1. The zero-order chi connectivity index (χ0) is 19.9. The molecule has 1 amide bonds. The molecule has 3 rings (SSSR count). The minimum absolute atomic E-state index is 0.0330. The first-order valence-electron chi connectivity index (χ1n) is 8.98. The zero-order valence-corrected chi connectivity index (χ0v) is 16.7. The molecular weight excluding hydrogens is 374 g/mol. The Bertz CT molecular complexity index is 914. The summed E-state index contributed by atoms with van der Waals surface area (Å²) >= 11 is 1.52. The Hall–Kier alpha value is -2.77. The lowest BCUT2D eigenvalue weighted by atomic mass is 10.1. The van der Waals surface area contributed by atoms with Crippen LogP contribution in [0.3, 0.4) is 0 Å². The predicted molar refractivity (Wildman–Crippen MR) is 109 cm³/mol. The number of amides is 1. The number of aliphatic hydroxyl groups is 1. The van der Waals surface area contributed by atoms with E-state index in [0.717, 1.165) is 22.0 Å². The van der Waals surface area contributed by atoms with Crippen LogP contribution >= 0.6 is 11.3 Å². The molecule has 3 aromatic rings. The summed E-state index contributed by atoms with van der Waals surface area (Å²) in [4.78, 5) is 22.8. The molecule has 7 heteroatoms. The van der Waals surface area contributed by atoms with E-state index in [-0.39, 0.29) is 12.5 Å². The fraction of sp³-hybridized carbons (Fsp3) is 0.286. The molecule has 0 bridgehead atoms. The number of aryl methyl sites for hydroxylation is 1. The zero-order valence-electron chi connectivity index (χ0n) is 15.9. The summed E-state index contributed by atoms with van der Waals surface area (Å²) < 4.78 is 5.18. The summed E-state index contributed by atoms with van der Waals surface area (Å²) in [7, 11) is 3.28. The summed E-state index contributed by atoms with van der Waals surface area (Å²) in [5.41, 5.74) is 2.43. The van der Waals surface area contributed by atoms with Crippen molar-refractivity contribution in [2.75, 3.05) is 20.7 Å². The first kappa shape index (κ1) is 20.0. The highest BCUT2D eigenvalue weighted by atomic mass is 32.1. The SMILES string of the molecule is COc1cccc(C(O)CN(C)C(=O)CCc2csc(-c3ccccn3)n2)c1. The van der Waals surface area contributed by atoms with E-state index in [2.05, 4.69) is 9.97 Å². The summed E-state index contributed by atoms with van der Waals surface area (Å²) in [6, 6.07) is 12.9. The normalized spacial score (nSPS) is 11.8. The number of benzene rings is 1. The third-order valence-electron chi connectivity index (χ3n) is 4.38. The Labute approximate surface area is 168 Å². The first-order valence-corrected chi connectivity index (χ1v) is 9.86. The van der Waals surface area contributed by atoms with Crippen LogP contribution in [0.5, 0.6) is 5.75 Å². The van der Waals surface area contributed by atoms with Crippen molar-refractivity contribution in [2.24, 2.45) is 0 Å². The maximum Gasteiger partial charge on any atom is 0.222 e. The van der Waals surface area contributed by atoms with Crippen molar-refractivity contribution in [3.63, 3.8) is 0 Å². The topological polar surface area (TPSA) is 75.6 Å². The molecule has 0 aliphatic carbocycles. The van der Waals surface area contributed by atoms with Crippen LogP contribution in [-0.2, 0) is 11.2 Å². The molecule has 2 heterocycles. The minimum Gasteiger partial charge on any atom is -0.497 e. The second kappa shape index (κ2) is 9.43. The van der Waals surface area contributed by atoms with Gasteiger partial charge in [0.15, 0.2) is 0 Å². The molecule has 0 aliphatic rings. The van der Waals surface area contributed by atoms with Gasteiger partial charge < -0.3 is 14.7 Å². The van der Waals surface area contributed by atoms with Gasteiger partial charge in [-0.05, 0) is 36.2 Å². The second-order valence-electron chi connectivity index (χ2n) is 6.43. The molecule has 1 unspecified atom stereocenters. The third kappa shape index (κ3) is 5.15. The van der Waals surface area contributed by atoms with Gasteiger partial charge in [-0.15, -0.1) is 11.3 Å². The molecule has 0 saturated carbocycles. The molecule has 0 saturated heterocycles. The number of methoxy groups -OCH3 is 1. The van der Waals surface area contributed by atoms with Crippen molar-refractivity contribution in [3.8, 4) is 16.5 Å². The smallest absolute Gasteiger partial charge is 0.222 e. The number of hydrogen-bond acceptors (Lipinski definition) is 6. The van der Waals surface area contributed by atoms with Crippen molar-refractivity contribution in [1.82, 2.24) is 14.9 Å². The number of likely N-dealkylation sites (N-methyl/N-ethyl adjacent to an activating group) is 1. The molecule has 146 valence electrons. The van der Waals surface area contributed by atoms with Gasteiger partial charge in [-0.1, -0.05) is 18.2 Å². The van der Waals surface area contributed by atoms with Crippen LogP contribution in [0, 0.1) is 0 Å². The van der Waals surface area contributed by atoms with E-state index in [0.29, 0.717) is 18.6 Å². The van der Waals surface area contributed by atoms with E-state index in [9.17, 15) is 9.90 Å². The van der Waals surface area contributed by atoms with E-state index in [1.807, 2.05) is 41.8 Å². The van der Waals surface area contributed by atoms with Crippen LogP contribution in [0.15, 0.2) is 54.0 Å². The van der Waals surface area contributed by atoms with Gasteiger partial charge in [0.25, 0.3) is 0 Å². The highest BCUT2D eigenvalue weighted by Gasteiger charge is 2.16. The number of nitrogens with zero attached hydrogens (tertiary/aromatic N) is 3. The molecule has 1 aromatic carbocycles. The monoisotopic (exact) mass is 397 g/mol. The van der Waals surface area contributed by atoms with E-state index >= 15 is 0 Å². The van der Waals surface area contributed by atoms with Crippen molar-refractivity contribution in [1.29, 1.82) is 0 Å². The van der Waals surface area contributed by atoms with Gasteiger partial charge in [0.05, 0.1) is 31.1 Å². The lowest BCUT2D eigenvalue weighted by Gasteiger charge is -2.21. The molecule has 1 N–H and O–H groups in total. The van der Waals surface area contributed by atoms with Gasteiger partial charge in [0.2, 0.25) is 5.91 Å². The van der Waals surface area contributed by atoms with Crippen LogP contribution < -0.4 is 4.74 Å². The largest absolute Gasteiger partial charge is 0.497 e. The minimum atomic E-state index is -0.765. The Morgan fingerprint density at radius 1 is 1.29 bits per heavy atom. The van der Waals surface area contributed by atoms with Crippen LogP contribution in [-0.4, -0.2) is 46.6 Å². The summed E-state index contributed by atoms with van der Waals surface area (Å²) in [5, 5.41) is 13.2. The van der Waals surface area contributed by atoms with Crippen molar-refractivity contribution < 1.29 is 14.6 Å². The van der Waals surface area contributed by atoms with Crippen LogP contribution in [0.4, 0.5) is 0 Å². The lowest BCUT2D eigenvalue weighted by Crippen LogP contribution is -2.31. The Kier molecular flexibility index (Phi) is 6.73. The fourth-order valence-corrected chi connectivity index (χ4v) is 3.60. The molecule has 0 fully saturated rings. The van der Waals surface area contributed by atoms with Crippen LogP contribution in [0.2, 0.25) is 0 Å². The number of thiazole rings is 1. The molecule has 28 heavy (non-hydrogen) atoms. The van der Waals surface area contributed by atoms with E-state index in [1.165, 1.54) is 11.3 Å². The van der Waals surface area contributed by atoms with Gasteiger partial charge in [-0.25, -0.2) is 4.98 Å². The van der Waals surface area contributed by atoms with Gasteiger partial charge >= 0.3 is 0 Å². The summed E-state index contributed by atoms with van der Waals surface area (Å²) in [6.07, 6.45) is 1.87. The second-order valence-corrected chi connectivity index (χ2v) is 7.28. The highest BCUT2D eigenvalue weighted by Crippen LogP contribution is 2.23. The maximum absolute atomic E-state index is 12.4. The molecule has 0 radical (unpaired) electrons. The van der Waals surface area contributed by atoms with E-state index < -0.39 is 6.10 Å². The molecular formula is C21H23N3O3S. The number of hydrogen-bond donors (Lipinski definition) is 1. The summed E-state index contributed by atoms with van der Waals surface area (Å²) in [5.74, 6) is 0.645. The van der Waals surface area contributed by atoms with E-state index in [1.54, 1.807) is 31.3 Å². The van der Waals surface area contributed by atoms with Gasteiger partial charge in [0.1, 0.15) is 10.8 Å². The molecule has 0 aliphatic heterocycles. The molecule has 2 aromatic heterocycles. The summed E-state index contributed by atoms with van der Waals surface area (Å²) in [6.45, 7) is 0.224. The van der Waals surface area contributed by atoms with Gasteiger partial charge in [0, 0.05) is 25.0 Å². The third-order valence-corrected chi connectivity index (χ3v) is 5.30. The van der Waals surface area contributed by atoms with Crippen molar-refractivity contribution in [2.45, 2.75) is 18.9 Å². The Morgan fingerprint density at radius 2 is 2.14 bits per heavy atom. The maximum atomic E-state index is 12.4. The lowest BCUT2D eigenvalue weighted by molar-refractivity contribution is -0.131. The van der Waals surface area contributed by atoms with Crippen molar-refractivity contribution >= 4 is 17.2 Å². The van der Waals surface area contributed by atoms with E-state index in [4.69, 9.17) is 4.74 Å². The van der Waals surface area contributed by atoms with Gasteiger partial charge in [-0.2, -0.15) is 0 Å².